The van der Waals surface area contributed by atoms with Crippen molar-refractivity contribution in [2.24, 2.45) is 0 Å². The van der Waals surface area contributed by atoms with Gasteiger partial charge in [-0.1, -0.05) is 116 Å². The molecule has 5 rings (SSSR count). The summed E-state index contributed by atoms with van der Waals surface area (Å²) in [4.78, 5) is 0. The Hall–Kier alpha value is -5.54. The van der Waals surface area contributed by atoms with Crippen LogP contribution in [0.25, 0.3) is 21.5 Å². The van der Waals surface area contributed by atoms with E-state index in [0.717, 1.165) is 78.8 Å². The molecule has 5 aromatic rings. The highest BCUT2D eigenvalue weighted by molar-refractivity contribution is 5.88. The molecule has 0 aliphatic rings. The Labute approximate surface area is 333 Å². The predicted molar refractivity (Wildman–Crippen MR) is 213 cm³/mol. The topological polar surface area (TPSA) is 143 Å². The number of halogens is 6. The van der Waals surface area contributed by atoms with E-state index in [0.29, 0.717) is 58.7 Å². The van der Waals surface area contributed by atoms with Crippen LogP contribution in [0.4, 0.5) is 26.3 Å². The van der Waals surface area contributed by atoms with Crippen LogP contribution >= 0.6 is 0 Å². The zero-order valence-corrected chi connectivity index (χ0v) is 34.1. The van der Waals surface area contributed by atoms with Gasteiger partial charge in [-0.2, -0.15) is 0 Å². The maximum Gasteiger partial charge on any atom is 0.167 e. The zero-order valence-electron chi connectivity index (χ0n) is 34.1. The van der Waals surface area contributed by atoms with E-state index >= 15 is 0 Å². The van der Waals surface area contributed by atoms with Crippen molar-refractivity contribution in [3.8, 4) is 0 Å². The van der Waals surface area contributed by atoms with Gasteiger partial charge in [0.15, 0.2) is 34.9 Å². The van der Waals surface area contributed by atoms with Gasteiger partial charge in [0.05, 0.1) is 0 Å². The van der Waals surface area contributed by atoms with Gasteiger partial charge in [-0.05, 0) is 113 Å². The minimum Gasteiger partial charge on any atom is -0.203 e. The van der Waals surface area contributed by atoms with E-state index in [4.69, 9.17) is 32.4 Å². The highest BCUT2D eigenvalue weighted by Gasteiger charge is 2.17. The second-order valence-corrected chi connectivity index (χ2v) is 13.3. The fourth-order valence-corrected chi connectivity index (χ4v) is 6.56. The van der Waals surface area contributed by atoms with Crippen molar-refractivity contribution < 1.29 is 26.3 Å². The summed E-state index contributed by atoms with van der Waals surface area (Å²) in [5, 5.41) is 38.4. The molecule has 0 N–H and O–H groups in total. The van der Waals surface area contributed by atoms with Gasteiger partial charge in [0, 0.05) is 43.1 Å². The van der Waals surface area contributed by atoms with E-state index in [2.05, 4.69) is 13.8 Å². The molecule has 0 aromatic heterocycles. The molecule has 57 heavy (non-hydrogen) atoms. The molecule has 0 radical (unpaired) electrons. The van der Waals surface area contributed by atoms with Crippen molar-refractivity contribution in [1.29, 1.82) is 32.4 Å². The molecule has 0 saturated heterocycles. The first-order valence-electron chi connectivity index (χ1n) is 19.3. The number of rotatable bonds is 12. The lowest BCUT2D eigenvalue weighted by Crippen LogP contribution is -1.99. The largest absolute Gasteiger partial charge is 0.203 e. The smallest absolute Gasteiger partial charge is 0.167 e. The van der Waals surface area contributed by atoms with Crippen LogP contribution in [0.1, 0.15) is 119 Å². The molecular formula is C45H54F6N6. The summed E-state index contributed by atoms with van der Waals surface area (Å²) >= 11 is 0. The average Bonchev–Trinajstić information content (AvgIpc) is 3.23. The third kappa shape index (κ3) is 14.2. The quantitative estimate of drug-likeness (QED) is 0.0909. The third-order valence-electron chi connectivity index (χ3n) is 9.17. The summed E-state index contributed by atoms with van der Waals surface area (Å²) in [6.45, 7) is 13.9. The number of benzene rings is 5. The molecule has 12 heteroatoms. The van der Waals surface area contributed by atoms with Crippen molar-refractivity contribution >= 4 is 21.5 Å². The Kier molecular flexibility index (Phi) is 25.2. The van der Waals surface area contributed by atoms with Crippen molar-refractivity contribution in [1.82, 2.24) is 0 Å². The van der Waals surface area contributed by atoms with Gasteiger partial charge >= 0.3 is 0 Å². The molecule has 0 fully saturated rings. The number of aryl methyl sites for hydroxylation is 7. The van der Waals surface area contributed by atoms with Crippen molar-refractivity contribution in [3.05, 3.63) is 128 Å². The average molecular weight is 793 g/mol. The van der Waals surface area contributed by atoms with Crippen LogP contribution in [0, 0.1) is 74.2 Å². The monoisotopic (exact) mass is 792 g/mol. The SMILES string of the molecule is CCCc1cc2ccc(CCC)c(C)c2c(F)c1F.CCCc1ccc(CCC)c(F)c1F.CCCc1ccc2cc(CCC)c(F)c(F)c2c1.N#N.N#N.N#N. The summed E-state index contributed by atoms with van der Waals surface area (Å²) in [6.07, 6.45) is 9.48. The van der Waals surface area contributed by atoms with E-state index in [9.17, 15) is 26.3 Å². The Morgan fingerprint density at radius 1 is 0.368 bits per heavy atom. The van der Waals surface area contributed by atoms with Gasteiger partial charge in [-0.3, -0.25) is 0 Å². The maximum absolute atomic E-state index is 14.3. The lowest BCUT2D eigenvalue weighted by molar-refractivity contribution is 0.488. The van der Waals surface area contributed by atoms with Crippen molar-refractivity contribution in [2.75, 3.05) is 0 Å². The highest BCUT2D eigenvalue weighted by atomic mass is 19.2. The molecule has 0 unspecified atom stereocenters. The second kappa shape index (κ2) is 27.9. The van der Waals surface area contributed by atoms with Crippen LogP contribution < -0.4 is 0 Å². The number of nitrogens with zero attached hydrogens (tertiary/aromatic N) is 6. The minimum absolute atomic E-state index is 0.401. The molecule has 0 spiro atoms. The normalized spacial score (nSPS) is 9.95. The Balaban J connectivity index is 0.000000780. The lowest BCUT2D eigenvalue weighted by Gasteiger charge is -2.12. The van der Waals surface area contributed by atoms with Crippen LogP contribution in [0.15, 0.2) is 54.6 Å². The van der Waals surface area contributed by atoms with Crippen LogP contribution in [0.2, 0.25) is 0 Å². The molecule has 0 bridgehead atoms. The van der Waals surface area contributed by atoms with Crippen LogP contribution in [-0.2, 0) is 38.5 Å². The first kappa shape index (κ1) is 51.5. The second-order valence-electron chi connectivity index (χ2n) is 13.3. The number of hydrogen-bond acceptors (Lipinski definition) is 6. The minimum atomic E-state index is -0.700. The molecule has 306 valence electrons. The molecule has 6 nitrogen and oxygen atoms in total. The van der Waals surface area contributed by atoms with Crippen LogP contribution in [-0.4, -0.2) is 0 Å². The molecular weight excluding hydrogens is 739 g/mol. The van der Waals surface area contributed by atoms with Gasteiger partial charge in [-0.25, -0.2) is 26.3 Å². The first-order valence-corrected chi connectivity index (χ1v) is 19.3. The molecule has 0 amide bonds. The Morgan fingerprint density at radius 3 is 1.18 bits per heavy atom. The Morgan fingerprint density at radius 2 is 0.719 bits per heavy atom. The fourth-order valence-electron chi connectivity index (χ4n) is 6.56. The van der Waals surface area contributed by atoms with Crippen LogP contribution in [0.5, 0.6) is 0 Å². The summed E-state index contributed by atoms with van der Waals surface area (Å²) < 4.78 is 83.0. The molecule has 5 aromatic carbocycles. The Bertz CT molecular complexity index is 2010. The van der Waals surface area contributed by atoms with Crippen molar-refractivity contribution in [3.63, 3.8) is 0 Å². The van der Waals surface area contributed by atoms with E-state index in [1.165, 1.54) is 0 Å². The van der Waals surface area contributed by atoms with E-state index < -0.39 is 34.9 Å². The summed E-state index contributed by atoms with van der Waals surface area (Å²) in [6, 6.07) is 16.6. The van der Waals surface area contributed by atoms with Gasteiger partial charge < -0.3 is 0 Å². The van der Waals surface area contributed by atoms with E-state index in [1.807, 2.05) is 58.9 Å². The molecule has 0 aliphatic heterocycles. The molecule has 0 saturated carbocycles. The summed E-state index contributed by atoms with van der Waals surface area (Å²) in [5.74, 6) is -4.05. The van der Waals surface area contributed by atoms with E-state index in [1.54, 1.807) is 30.3 Å². The van der Waals surface area contributed by atoms with Gasteiger partial charge in [0.2, 0.25) is 0 Å². The summed E-state index contributed by atoms with van der Waals surface area (Å²) in [7, 11) is 0. The zero-order chi connectivity index (χ0) is 43.7. The number of hydrogen-bond donors (Lipinski definition) is 0. The molecule has 0 atom stereocenters. The van der Waals surface area contributed by atoms with E-state index in [-0.39, 0.29) is 0 Å². The lowest BCUT2D eigenvalue weighted by atomic mass is 9.94. The van der Waals surface area contributed by atoms with Gasteiger partial charge in [0.25, 0.3) is 0 Å². The van der Waals surface area contributed by atoms with Gasteiger partial charge in [-0.15, -0.1) is 0 Å². The standard InChI is InChI=1S/C17H20F2.C16H18F2.C12H16F2.3N2/c1-4-6-12-8-9-13-10-14(7-5-2)16(18)17(19)15(13)11(12)3;1-3-5-11-7-8-12-10-13(6-4-2)15(17)16(18)14(12)9-11;1-3-5-9-7-8-10(6-4-2)12(14)11(9)13;3*1-2/h8-10H,4-7H2,1-3H3;7-10H,3-6H2,1-2H3;7-8H,3-6H2,1-2H3;;;. The number of fused-ring (bicyclic) bond motifs is 2. The highest BCUT2D eigenvalue weighted by Crippen LogP contribution is 2.30. The predicted octanol–water partition coefficient (Wildman–Crippen LogP) is 14.3. The van der Waals surface area contributed by atoms with Gasteiger partial charge in [0.1, 0.15) is 0 Å². The first-order chi connectivity index (χ1) is 27.5. The van der Waals surface area contributed by atoms with Crippen molar-refractivity contribution in [2.45, 2.75) is 126 Å². The van der Waals surface area contributed by atoms with Crippen LogP contribution in [0.3, 0.4) is 0 Å². The molecule has 0 heterocycles. The fraction of sp³-hybridized carbons (Fsp3) is 0.422. The maximum atomic E-state index is 14.3. The third-order valence-corrected chi connectivity index (χ3v) is 9.17. The molecule has 0 aliphatic carbocycles. The summed E-state index contributed by atoms with van der Waals surface area (Å²) in [5.41, 5.74) is 4.98.